The van der Waals surface area contributed by atoms with Crippen LogP contribution in [0.3, 0.4) is 0 Å². The number of esters is 1. The summed E-state index contributed by atoms with van der Waals surface area (Å²) >= 11 is 0. The molecular formula is C12H15F2NO3. The van der Waals surface area contributed by atoms with E-state index in [1.54, 1.807) is 20.8 Å². The van der Waals surface area contributed by atoms with Crippen molar-refractivity contribution in [2.24, 2.45) is 0 Å². The van der Waals surface area contributed by atoms with Crippen LogP contribution in [0.2, 0.25) is 0 Å². The summed E-state index contributed by atoms with van der Waals surface area (Å²) in [5, 5.41) is 0. The summed E-state index contributed by atoms with van der Waals surface area (Å²) in [6.45, 7) is 2.00. The van der Waals surface area contributed by atoms with Gasteiger partial charge in [0.25, 0.3) is 0 Å². The standard InChI is InChI=1S/C12H15F2NO3/c1-12(2,3)18-10(16)8-6-7(15)4-5-9(8)17-11(13)14/h4-6,11H,15H2,1-3H3. The molecule has 0 radical (unpaired) electrons. The molecule has 0 atom stereocenters. The fourth-order valence-electron chi connectivity index (χ4n) is 1.24. The SMILES string of the molecule is CC(C)(C)OC(=O)c1cc(N)ccc1OC(F)F. The van der Waals surface area contributed by atoms with E-state index in [1.165, 1.54) is 18.2 Å². The molecule has 0 aromatic heterocycles. The van der Waals surface area contributed by atoms with Crippen molar-refractivity contribution in [3.8, 4) is 5.75 Å². The number of alkyl halides is 2. The fraction of sp³-hybridized carbons (Fsp3) is 0.417. The summed E-state index contributed by atoms with van der Waals surface area (Å²) < 4.78 is 33.7. The van der Waals surface area contributed by atoms with Crippen LogP contribution in [0.1, 0.15) is 31.1 Å². The summed E-state index contributed by atoms with van der Waals surface area (Å²) in [6.07, 6.45) is 0. The monoisotopic (exact) mass is 259 g/mol. The molecule has 4 nitrogen and oxygen atoms in total. The highest BCUT2D eigenvalue weighted by molar-refractivity contribution is 5.93. The zero-order valence-electron chi connectivity index (χ0n) is 10.4. The molecule has 0 saturated carbocycles. The van der Waals surface area contributed by atoms with Gasteiger partial charge in [-0.15, -0.1) is 0 Å². The Morgan fingerprint density at radius 1 is 1.33 bits per heavy atom. The number of halogens is 2. The van der Waals surface area contributed by atoms with E-state index < -0.39 is 18.2 Å². The number of hydrogen-bond donors (Lipinski definition) is 1. The minimum Gasteiger partial charge on any atom is -0.456 e. The van der Waals surface area contributed by atoms with Gasteiger partial charge < -0.3 is 15.2 Å². The first-order valence-corrected chi connectivity index (χ1v) is 5.27. The van der Waals surface area contributed by atoms with Gasteiger partial charge in [-0.3, -0.25) is 0 Å². The molecule has 18 heavy (non-hydrogen) atoms. The Morgan fingerprint density at radius 2 is 1.94 bits per heavy atom. The van der Waals surface area contributed by atoms with E-state index in [0.29, 0.717) is 0 Å². The van der Waals surface area contributed by atoms with E-state index in [-0.39, 0.29) is 17.0 Å². The Hall–Kier alpha value is -1.85. The Morgan fingerprint density at radius 3 is 2.44 bits per heavy atom. The van der Waals surface area contributed by atoms with Crippen LogP contribution in [0.15, 0.2) is 18.2 Å². The molecule has 1 rings (SSSR count). The molecule has 1 aromatic rings. The van der Waals surface area contributed by atoms with Crippen LogP contribution in [0.5, 0.6) is 5.75 Å². The van der Waals surface area contributed by atoms with Gasteiger partial charge in [0.15, 0.2) is 0 Å². The molecule has 100 valence electrons. The third-order valence-electron chi connectivity index (χ3n) is 1.84. The Kier molecular flexibility index (Phi) is 4.11. The lowest BCUT2D eigenvalue weighted by molar-refractivity contribution is -0.0508. The van der Waals surface area contributed by atoms with Crippen LogP contribution in [0.4, 0.5) is 14.5 Å². The van der Waals surface area contributed by atoms with Crippen LogP contribution in [0, 0.1) is 0 Å². The highest BCUT2D eigenvalue weighted by Gasteiger charge is 2.22. The third-order valence-corrected chi connectivity index (χ3v) is 1.84. The van der Waals surface area contributed by atoms with E-state index in [1.807, 2.05) is 0 Å². The maximum atomic E-state index is 12.2. The highest BCUT2D eigenvalue weighted by atomic mass is 19.3. The molecule has 0 unspecified atom stereocenters. The average molecular weight is 259 g/mol. The second kappa shape index (κ2) is 5.20. The van der Waals surface area contributed by atoms with E-state index in [9.17, 15) is 13.6 Å². The lowest BCUT2D eigenvalue weighted by atomic mass is 10.1. The van der Waals surface area contributed by atoms with Gasteiger partial charge in [0.1, 0.15) is 16.9 Å². The van der Waals surface area contributed by atoms with Crippen LogP contribution < -0.4 is 10.5 Å². The van der Waals surface area contributed by atoms with Gasteiger partial charge in [0, 0.05) is 5.69 Å². The average Bonchev–Trinajstić information content (AvgIpc) is 2.17. The minimum absolute atomic E-state index is 0.120. The second-order valence-corrected chi connectivity index (χ2v) is 4.64. The van der Waals surface area contributed by atoms with Gasteiger partial charge >= 0.3 is 12.6 Å². The topological polar surface area (TPSA) is 61.5 Å². The van der Waals surface area contributed by atoms with Crippen molar-refractivity contribution in [1.82, 2.24) is 0 Å². The Labute approximate surface area is 104 Å². The van der Waals surface area contributed by atoms with Gasteiger partial charge in [-0.25, -0.2) is 4.79 Å². The lowest BCUT2D eigenvalue weighted by Crippen LogP contribution is -2.24. The van der Waals surface area contributed by atoms with Crippen molar-refractivity contribution >= 4 is 11.7 Å². The van der Waals surface area contributed by atoms with Crippen molar-refractivity contribution in [3.63, 3.8) is 0 Å². The number of carbonyl (C=O) groups excluding carboxylic acids is 1. The second-order valence-electron chi connectivity index (χ2n) is 4.64. The number of rotatable bonds is 3. The Bertz CT molecular complexity index is 441. The molecule has 6 heteroatoms. The molecule has 0 aliphatic heterocycles. The number of anilines is 1. The lowest BCUT2D eigenvalue weighted by Gasteiger charge is -2.20. The summed E-state index contributed by atoms with van der Waals surface area (Å²) in [5.41, 5.74) is 4.92. The van der Waals surface area contributed by atoms with Gasteiger partial charge in [-0.1, -0.05) is 0 Å². The summed E-state index contributed by atoms with van der Waals surface area (Å²) in [7, 11) is 0. The first-order chi connectivity index (χ1) is 8.19. The van der Waals surface area contributed by atoms with Gasteiger partial charge in [-0.2, -0.15) is 8.78 Å². The van der Waals surface area contributed by atoms with Crippen LogP contribution >= 0.6 is 0 Å². The van der Waals surface area contributed by atoms with Crippen molar-refractivity contribution in [2.75, 3.05) is 5.73 Å². The van der Waals surface area contributed by atoms with Crippen LogP contribution in [-0.2, 0) is 4.74 Å². The summed E-state index contributed by atoms with van der Waals surface area (Å²) in [5.74, 6) is -1.01. The molecule has 0 amide bonds. The zero-order chi connectivity index (χ0) is 13.9. The Balaban J connectivity index is 3.05. The number of carbonyl (C=O) groups is 1. The predicted octanol–water partition coefficient (Wildman–Crippen LogP) is 2.83. The minimum atomic E-state index is -3.02. The van der Waals surface area contributed by atoms with Crippen molar-refractivity contribution in [2.45, 2.75) is 33.0 Å². The number of nitrogens with two attached hydrogens (primary N) is 1. The predicted molar refractivity (Wildman–Crippen MR) is 62.7 cm³/mol. The quantitative estimate of drug-likeness (QED) is 0.669. The molecule has 0 fully saturated rings. The third kappa shape index (κ3) is 4.20. The van der Waals surface area contributed by atoms with Gasteiger partial charge in [-0.05, 0) is 39.0 Å². The van der Waals surface area contributed by atoms with Crippen molar-refractivity contribution < 1.29 is 23.0 Å². The first-order valence-electron chi connectivity index (χ1n) is 5.27. The van der Waals surface area contributed by atoms with E-state index in [0.717, 1.165) is 0 Å². The molecule has 0 saturated heterocycles. The summed E-state index contributed by atoms with van der Waals surface area (Å²) in [4.78, 5) is 11.8. The number of hydrogen-bond acceptors (Lipinski definition) is 4. The molecular weight excluding hydrogens is 244 g/mol. The fourth-order valence-corrected chi connectivity index (χ4v) is 1.24. The maximum absolute atomic E-state index is 12.2. The smallest absolute Gasteiger partial charge is 0.387 e. The molecule has 0 heterocycles. The molecule has 0 aliphatic carbocycles. The molecule has 2 N–H and O–H groups in total. The highest BCUT2D eigenvalue weighted by Crippen LogP contribution is 2.25. The van der Waals surface area contributed by atoms with E-state index in [4.69, 9.17) is 10.5 Å². The zero-order valence-corrected chi connectivity index (χ0v) is 10.4. The maximum Gasteiger partial charge on any atom is 0.387 e. The van der Waals surface area contributed by atoms with Gasteiger partial charge in [0.05, 0.1) is 0 Å². The normalized spacial score (nSPS) is 11.4. The number of nitrogen functional groups attached to an aromatic ring is 1. The number of benzene rings is 1. The van der Waals surface area contributed by atoms with Crippen molar-refractivity contribution in [1.29, 1.82) is 0 Å². The molecule has 0 aliphatic rings. The molecule has 0 bridgehead atoms. The van der Waals surface area contributed by atoms with Crippen molar-refractivity contribution in [3.05, 3.63) is 23.8 Å². The van der Waals surface area contributed by atoms with E-state index in [2.05, 4.69) is 4.74 Å². The molecule has 0 spiro atoms. The molecule has 1 aromatic carbocycles. The summed E-state index contributed by atoms with van der Waals surface area (Å²) in [6, 6.07) is 3.82. The van der Waals surface area contributed by atoms with Crippen LogP contribution in [0.25, 0.3) is 0 Å². The van der Waals surface area contributed by atoms with E-state index >= 15 is 0 Å². The van der Waals surface area contributed by atoms with Crippen LogP contribution in [-0.4, -0.2) is 18.2 Å². The first kappa shape index (κ1) is 14.2. The largest absolute Gasteiger partial charge is 0.456 e. The van der Waals surface area contributed by atoms with Gasteiger partial charge in [0.2, 0.25) is 0 Å². The number of ether oxygens (including phenoxy) is 2.